The summed E-state index contributed by atoms with van der Waals surface area (Å²) in [4.78, 5) is 24.3. The summed E-state index contributed by atoms with van der Waals surface area (Å²) in [7, 11) is 1.34. The maximum atomic E-state index is 11.9. The molecule has 2 heterocycles. The average molecular weight is 368 g/mol. The Labute approximate surface area is 154 Å². The van der Waals surface area contributed by atoms with E-state index in [1.165, 1.54) is 18.4 Å². The van der Waals surface area contributed by atoms with Crippen LogP contribution in [-0.4, -0.2) is 29.2 Å². The molecule has 3 aromatic rings. The van der Waals surface area contributed by atoms with E-state index in [9.17, 15) is 9.59 Å². The van der Waals surface area contributed by atoms with Crippen molar-refractivity contribution in [2.45, 2.75) is 6.42 Å². The van der Waals surface area contributed by atoms with Gasteiger partial charge in [-0.05, 0) is 47.8 Å². The van der Waals surface area contributed by atoms with E-state index in [4.69, 9.17) is 0 Å². The molecule has 2 N–H and O–H groups in total. The second-order valence-corrected chi connectivity index (χ2v) is 6.33. The molecule has 0 spiro atoms. The van der Waals surface area contributed by atoms with Gasteiger partial charge >= 0.3 is 5.97 Å². The Kier molecular flexibility index (Phi) is 5.55. The van der Waals surface area contributed by atoms with E-state index in [-0.39, 0.29) is 11.9 Å². The van der Waals surface area contributed by atoms with Gasteiger partial charge in [0, 0.05) is 10.6 Å². The molecule has 1 aromatic carbocycles. The number of rotatable bonds is 6. The van der Waals surface area contributed by atoms with Gasteiger partial charge in [-0.25, -0.2) is 4.79 Å². The summed E-state index contributed by atoms with van der Waals surface area (Å²) in [6.07, 6.45) is 0.311. The second kappa shape index (κ2) is 8.21. The number of amides is 1. The van der Waals surface area contributed by atoms with Crippen molar-refractivity contribution in [3.63, 3.8) is 0 Å². The minimum atomic E-state index is -0.390. The average Bonchev–Trinajstić information content (AvgIpc) is 3.16. The number of hydrogen-bond donors (Lipinski definition) is 2. The van der Waals surface area contributed by atoms with Crippen LogP contribution in [0.25, 0.3) is 0 Å². The zero-order valence-electron chi connectivity index (χ0n) is 13.9. The van der Waals surface area contributed by atoms with Crippen molar-refractivity contribution < 1.29 is 14.3 Å². The molecule has 2 aromatic heterocycles. The number of anilines is 3. The molecule has 3 rings (SSSR count). The number of carbonyl (C=O) groups excluding carboxylic acids is 2. The molecule has 0 radical (unpaired) electrons. The van der Waals surface area contributed by atoms with E-state index < -0.39 is 0 Å². The summed E-state index contributed by atoms with van der Waals surface area (Å²) >= 11 is 1.53. The number of benzene rings is 1. The lowest BCUT2D eigenvalue weighted by Crippen LogP contribution is -2.15. The molecule has 26 heavy (non-hydrogen) atoms. The molecule has 0 atom stereocenters. The molecule has 0 saturated heterocycles. The Bertz CT molecular complexity index is 878. The highest BCUT2D eigenvalue weighted by Crippen LogP contribution is 2.16. The van der Waals surface area contributed by atoms with E-state index in [2.05, 4.69) is 25.6 Å². The van der Waals surface area contributed by atoms with Gasteiger partial charge in [0.1, 0.15) is 0 Å². The first kappa shape index (κ1) is 17.6. The SMILES string of the molecule is COC(=O)c1ccc(Nc2ccc(NC(=O)Cc3cccs3)nn2)cc1. The van der Waals surface area contributed by atoms with E-state index in [1.54, 1.807) is 36.4 Å². The third-order valence-corrected chi connectivity index (χ3v) is 4.30. The minimum Gasteiger partial charge on any atom is -0.465 e. The Morgan fingerprint density at radius 1 is 1.04 bits per heavy atom. The van der Waals surface area contributed by atoms with Crippen LogP contribution in [0.1, 0.15) is 15.2 Å². The Balaban J connectivity index is 1.57. The van der Waals surface area contributed by atoms with Crippen LogP contribution in [0.2, 0.25) is 0 Å². The van der Waals surface area contributed by atoms with Crippen LogP contribution in [0.5, 0.6) is 0 Å². The molecule has 1 amide bonds. The lowest BCUT2D eigenvalue weighted by molar-refractivity contribution is -0.115. The molecule has 7 nitrogen and oxygen atoms in total. The third-order valence-electron chi connectivity index (χ3n) is 3.43. The van der Waals surface area contributed by atoms with Crippen molar-refractivity contribution >= 4 is 40.5 Å². The van der Waals surface area contributed by atoms with E-state index >= 15 is 0 Å². The van der Waals surface area contributed by atoms with Crippen LogP contribution >= 0.6 is 11.3 Å². The normalized spacial score (nSPS) is 10.2. The van der Waals surface area contributed by atoms with Crippen LogP contribution in [0.4, 0.5) is 17.3 Å². The number of esters is 1. The van der Waals surface area contributed by atoms with E-state index in [0.29, 0.717) is 23.6 Å². The highest BCUT2D eigenvalue weighted by atomic mass is 32.1. The third kappa shape index (κ3) is 4.64. The summed E-state index contributed by atoms with van der Waals surface area (Å²) in [5, 5.41) is 15.7. The first-order chi connectivity index (χ1) is 12.6. The van der Waals surface area contributed by atoms with Crippen molar-refractivity contribution in [2.24, 2.45) is 0 Å². The van der Waals surface area contributed by atoms with Crippen molar-refractivity contribution in [1.82, 2.24) is 10.2 Å². The zero-order chi connectivity index (χ0) is 18.4. The van der Waals surface area contributed by atoms with Crippen LogP contribution in [-0.2, 0) is 16.0 Å². The first-order valence-corrected chi connectivity index (χ1v) is 8.63. The Morgan fingerprint density at radius 2 is 1.77 bits per heavy atom. The van der Waals surface area contributed by atoms with Gasteiger partial charge < -0.3 is 15.4 Å². The van der Waals surface area contributed by atoms with Gasteiger partial charge in [-0.2, -0.15) is 0 Å². The first-order valence-electron chi connectivity index (χ1n) is 7.75. The smallest absolute Gasteiger partial charge is 0.337 e. The number of hydrogen-bond acceptors (Lipinski definition) is 7. The molecule has 0 saturated carbocycles. The van der Waals surface area contributed by atoms with Gasteiger partial charge in [0.25, 0.3) is 0 Å². The van der Waals surface area contributed by atoms with Crippen molar-refractivity contribution in [2.75, 3.05) is 17.7 Å². The molecular formula is C18H16N4O3S. The van der Waals surface area contributed by atoms with Gasteiger partial charge in [-0.1, -0.05) is 6.07 Å². The van der Waals surface area contributed by atoms with Crippen molar-refractivity contribution in [3.8, 4) is 0 Å². The topological polar surface area (TPSA) is 93.2 Å². The molecule has 132 valence electrons. The van der Waals surface area contributed by atoms with Gasteiger partial charge in [0.2, 0.25) is 5.91 Å². The quantitative estimate of drug-likeness (QED) is 0.649. The van der Waals surface area contributed by atoms with Crippen LogP contribution in [0.15, 0.2) is 53.9 Å². The fourth-order valence-corrected chi connectivity index (χ4v) is 2.88. The number of carbonyl (C=O) groups is 2. The fraction of sp³-hybridized carbons (Fsp3) is 0.111. The molecule has 0 fully saturated rings. The maximum absolute atomic E-state index is 11.9. The molecule has 0 aliphatic rings. The highest BCUT2D eigenvalue weighted by molar-refractivity contribution is 7.10. The lowest BCUT2D eigenvalue weighted by atomic mass is 10.2. The number of aromatic nitrogens is 2. The van der Waals surface area contributed by atoms with Crippen molar-refractivity contribution in [1.29, 1.82) is 0 Å². The summed E-state index contributed by atoms with van der Waals surface area (Å²) in [5.41, 5.74) is 1.22. The van der Waals surface area contributed by atoms with Gasteiger partial charge in [-0.3, -0.25) is 4.79 Å². The van der Waals surface area contributed by atoms with Crippen LogP contribution < -0.4 is 10.6 Å². The molecule has 0 unspecified atom stereocenters. The van der Waals surface area contributed by atoms with E-state index in [1.807, 2.05) is 17.5 Å². The summed E-state index contributed by atoms with van der Waals surface area (Å²) < 4.78 is 4.66. The molecule has 0 aliphatic heterocycles. The van der Waals surface area contributed by atoms with Gasteiger partial charge in [0.05, 0.1) is 19.1 Å². The van der Waals surface area contributed by atoms with Crippen LogP contribution in [0.3, 0.4) is 0 Å². The minimum absolute atomic E-state index is 0.138. The predicted molar refractivity (Wildman–Crippen MR) is 99.7 cm³/mol. The monoisotopic (exact) mass is 368 g/mol. The summed E-state index contributed by atoms with van der Waals surface area (Å²) in [6, 6.07) is 14.0. The summed E-state index contributed by atoms with van der Waals surface area (Å²) in [5.74, 6) is 0.380. The number of nitrogens with one attached hydrogen (secondary N) is 2. The standard InChI is InChI=1S/C18H16N4O3S/c1-25-18(24)12-4-6-13(7-5-12)19-15-8-9-16(22-21-15)20-17(23)11-14-3-2-10-26-14/h2-10H,11H2,1H3,(H,19,21)(H,20,22,23). The number of nitrogens with zero attached hydrogens (tertiary/aromatic N) is 2. The fourth-order valence-electron chi connectivity index (χ4n) is 2.18. The highest BCUT2D eigenvalue weighted by Gasteiger charge is 2.07. The Morgan fingerprint density at radius 3 is 2.38 bits per heavy atom. The van der Waals surface area contributed by atoms with Crippen LogP contribution in [0, 0.1) is 0 Å². The largest absolute Gasteiger partial charge is 0.465 e. The molecule has 0 aliphatic carbocycles. The van der Waals surface area contributed by atoms with E-state index in [0.717, 1.165) is 10.6 Å². The second-order valence-electron chi connectivity index (χ2n) is 5.30. The number of ether oxygens (including phenoxy) is 1. The predicted octanol–water partition coefficient (Wildman–Crippen LogP) is 3.25. The van der Waals surface area contributed by atoms with Gasteiger partial charge in [-0.15, -0.1) is 21.5 Å². The number of methoxy groups -OCH3 is 1. The maximum Gasteiger partial charge on any atom is 0.337 e. The zero-order valence-corrected chi connectivity index (χ0v) is 14.7. The number of thiophene rings is 1. The molecular weight excluding hydrogens is 352 g/mol. The Hall–Kier alpha value is -3.26. The molecule has 0 bridgehead atoms. The summed E-state index contributed by atoms with van der Waals surface area (Å²) in [6.45, 7) is 0. The molecule has 8 heteroatoms. The van der Waals surface area contributed by atoms with Crippen molar-refractivity contribution in [3.05, 3.63) is 64.4 Å². The van der Waals surface area contributed by atoms with Gasteiger partial charge in [0.15, 0.2) is 11.6 Å². The lowest BCUT2D eigenvalue weighted by Gasteiger charge is -2.07.